The Morgan fingerprint density at radius 1 is 1.15 bits per heavy atom. The molecule has 4 bridgehead atoms. The van der Waals surface area contributed by atoms with E-state index < -0.39 is 0 Å². The van der Waals surface area contributed by atoms with Crippen molar-refractivity contribution in [1.82, 2.24) is 10.2 Å². The van der Waals surface area contributed by atoms with Crippen LogP contribution in [0.5, 0.6) is 0 Å². The van der Waals surface area contributed by atoms with Crippen LogP contribution in [-0.4, -0.2) is 29.4 Å². The first-order chi connectivity index (χ1) is 12.7. The first-order valence-corrected chi connectivity index (χ1v) is 11.7. The number of fused-ring (bicyclic) bond motifs is 1. The van der Waals surface area contributed by atoms with Crippen molar-refractivity contribution in [2.24, 2.45) is 23.7 Å². The minimum atomic E-state index is 0.157. The van der Waals surface area contributed by atoms with Crippen LogP contribution in [0.3, 0.4) is 0 Å². The zero-order chi connectivity index (χ0) is 17.3. The molecule has 1 aliphatic heterocycles. The third-order valence-corrected chi connectivity index (χ3v) is 8.97. The van der Waals surface area contributed by atoms with Gasteiger partial charge >= 0.3 is 0 Å². The van der Waals surface area contributed by atoms with Crippen LogP contribution in [0, 0.1) is 23.7 Å². The summed E-state index contributed by atoms with van der Waals surface area (Å²) in [6.45, 7) is 1.67. The molecule has 5 aliphatic carbocycles. The van der Waals surface area contributed by atoms with Gasteiger partial charge in [-0.25, -0.2) is 0 Å². The van der Waals surface area contributed by atoms with Crippen LogP contribution in [0.2, 0.25) is 0 Å². The van der Waals surface area contributed by atoms with Gasteiger partial charge in [0.05, 0.1) is 6.54 Å². The summed E-state index contributed by atoms with van der Waals surface area (Å²) in [7, 11) is 0. The Hall–Kier alpha value is -0.870. The zero-order valence-corrected chi connectivity index (χ0v) is 16.4. The molecule has 6 aliphatic rings. The average molecular weight is 371 g/mol. The SMILES string of the molecule is O=C(CN1CCc2sccc2[C@@H]1C1CC1)NC12CC3CC(CC(C3)C1)C2. The molecule has 0 saturated heterocycles. The lowest BCUT2D eigenvalue weighted by Gasteiger charge is -2.57. The highest BCUT2D eigenvalue weighted by molar-refractivity contribution is 7.10. The number of hydrogen-bond acceptors (Lipinski definition) is 3. The molecule has 0 radical (unpaired) electrons. The second-order valence-electron chi connectivity index (χ2n) is 10.0. The Kier molecular flexibility index (Phi) is 3.60. The van der Waals surface area contributed by atoms with Gasteiger partial charge in [0.1, 0.15) is 0 Å². The van der Waals surface area contributed by atoms with E-state index >= 15 is 0 Å². The second kappa shape index (κ2) is 5.81. The molecule has 0 spiro atoms. The number of nitrogens with one attached hydrogen (secondary N) is 1. The predicted octanol–water partition coefficient (Wildman–Crippen LogP) is 4.14. The number of hydrogen-bond donors (Lipinski definition) is 1. The highest BCUT2D eigenvalue weighted by atomic mass is 32.1. The lowest BCUT2D eigenvalue weighted by atomic mass is 9.53. The van der Waals surface area contributed by atoms with Crippen molar-refractivity contribution >= 4 is 17.2 Å². The van der Waals surface area contributed by atoms with Gasteiger partial charge in [-0.05, 0) is 98.5 Å². The minimum absolute atomic E-state index is 0.157. The Balaban J connectivity index is 1.17. The quantitative estimate of drug-likeness (QED) is 0.864. The Morgan fingerprint density at radius 3 is 2.50 bits per heavy atom. The van der Waals surface area contributed by atoms with Crippen molar-refractivity contribution in [3.05, 3.63) is 21.9 Å². The van der Waals surface area contributed by atoms with Crippen LogP contribution in [-0.2, 0) is 11.2 Å². The maximum absolute atomic E-state index is 13.1. The summed E-state index contributed by atoms with van der Waals surface area (Å²) in [6.07, 6.45) is 11.9. The molecule has 4 heteroatoms. The van der Waals surface area contributed by atoms with E-state index in [1.807, 2.05) is 11.3 Å². The third-order valence-electron chi connectivity index (χ3n) is 7.98. The molecular weight excluding hydrogens is 340 g/mol. The van der Waals surface area contributed by atoms with Crippen LogP contribution in [0.1, 0.15) is 67.8 Å². The molecule has 1 aromatic rings. The molecule has 26 heavy (non-hydrogen) atoms. The maximum Gasteiger partial charge on any atom is 0.234 e. The highest BCUT2D eigenvalue weighted by Crippen LogP contribution is 2.55. The number of nitrogens with zero attached hydrogens (tertiary/aromatic N) is 1. The molecule has 140 valence electrons. The monoisotopic (exact) mass is 370 g/mol. The van der Waals surface area contributed by atoms with Crippen LogP contribution in [0.25, 0.3) is 0 Å². The van der Waals surface area contributed by atoms with E-state index in [0.29, 0.717) is 18.5 Å². The zero-order valence-electron chi connectivity index (χ0n) is 15.6. The van der Waals surface area contributed by atoms with Crippen molar-refractivity contribution in [2.75, 3.05) is 13.1 Å². The summed E-state index contributed by atoms with van der Waals surface area (Å²) in [6, 6.07) is 2.83. The molecule has 3 nitrogen and oxygen atoms in total. The molecule has 0 unspecified atom stereocenters. The van der Waals surface area contributed by atoms with Crippen molar-refractivity contribution in [3.8, 4) is 0 Å². The molecule has 1 N–H and O–H groups in total. The van der Waals surface area contributed by atoms with Gasteiger partial charge in [0.25, 0.3) is 0 Å². The van der Waals surface area contributed by atoms with Crippen LogP contribution in [0.4, 0.5) is 0 Å². The smallest absolute Gasteiger partial charge is 0.234 e. The van der Waals surface area contributed by atoms with Gasteiger partial charge < -0.3 is 5.32 Å². The number of carbonyl (C=O) groups is 1. The first-order valence-electron chi connectivity index (χ1n) is 10.8. The van der Waals surface area contributed by atoms with E-state index in [1.54, 1.807) is 4.88 Å². The molecule has 0 aromatic carbocycles. The fourth-order valence-corrected chi connectivity index (χ4v) is 8.24. The van der Waals surface area contributed by atoms with E-state index in [2.05, 4.69) is 21.7 Å². The molecule has 5 saturated carbocycles. The van der Waals surface area contributed by atoms with E-state index in [4.69, 9.17) is 0 Å². The summed E-state index contributed by atoms with van der Waals surface area (Å²) < 4.78 is 0. The molecule has 5 fully saturated rings. The third kappa shape index (κ3) is 2.67. The maximum atomic E-state index is 13.1. The summed E-state index contributed by atoms with van der Waals surface area (Å²) in [5.74, 6) is 3.77. The number of rotatable bonds is 4. The van der Waals surface area contributed by atoms with E-state index in [-0.39, 0.29) is 5.54 Å². The average Bonchev–Trinajstić information content (AvgIpc) is 3.29. The normalized spacial score (nSPS) is 41.2. The second-order valence-corrected chi connectivity index (χ2v) is 11.0. The Labute approximate surface area is 160 Å². The number of carbonyl (C=O) groups excluding carboxylic acids is 1. The summed E-state index contributed by atoms with van der Waals surface area (Å²) in [5, 5.41) is 5.84. The molecular formula is C22H30N2OS. The fraction of sp³-hybridized carbons (Fsp3) is 0.773. The number of amides is 1. The highest BCUT2D eigenvalue weighted by Gasteiger charge is 2.51. The first kappa shape index (κ1) is 16.1. The van der Waals surface area contributed by atoms with Crippen LogP contribution < -0.4 is 5.32 Å². The minimum Gasteiger partial charge on any atom is -0.350 e. The van der Waals surface area contributed by atoms with E-state index in [9.17, 15) is 4.79 Å². The molecule has 1 amide bonds. The fourth-order valence-electron chi connectivity index (χ4n) is 7.32. The van der Waals surface area contributed by atoms with E-state index in [1.165, 1.54) is 56.9 Å². The van der Waals surface area contributed by atoms with Crippen molar-refractivity contribution in [3.63, 3.8) is 0 Å². The van der Waals surface area contributed by atoms with Gasteiger partial charge in [-0.2, -0.15) is 0 Å². The predicted molar refractivity (Wildman–Crippen MR) is 104 cm³/mol. The topological polar surface area (TPSA) is 32.3 Å². The molecule has 2 heterocycles. The summed E-state index contributed by atoms with van der Waals surface area (Å²) >= 11 is 1.91. The van der Waals surface area contributed by atoms with Crippen molar-refractivity contribution in [1.29, 1.82) is 0 Å². The van der Waals surface area contributed by atoms with Gasteiger partial charge in [0.15, 0.2) is 0 Å². The number of thiophene rings is 1. The standard InChI is InChI=1S/C22H30N2OS/c25-20(23-22-10-14-7-15(11-22)9-16(8-14)12-22)13-24-5-3-19-18(4-6-26-19)21(24)17-1-2-17/h4,6,14-17,21H,1-3,5,7-13H2,(H,23,25)/t14?,15?,16?,21-,22?/m0/s1. The molecule has 7 rings (SSSR count). The van der Waals surface area contributed by atoms with Crippen LogP contribution >= 0.6 is 11.3 Å². The molecule has 1 atom stereocenters. The lowest BCUT2D eigenvalue weighted by Crippen LogP contribution is -2.61. The van der Waals surface area contributed by atoms with Gasteiger partial charge in [-0.3, -0.25) is 9.69 Å². The van der Waals surface area contributed by atoms with Crippen molar-refractivity contribution in [2.45, 2.75) is 69.4 Å². The van der Waals surface area contributed by atoms with Crippen LogP contribution in [0.15, 0.2) is 11.4 Å². The van der Waals surface area contributed by atoms with E-state index in [0.717, 1.165) is 36.6 Å². The summed E-state index contributed by atoms with van der Waals surface area (Å²) in [5.41, 5.74) is 1.69. The van der Waals surface area contributed by atoms with Gasteiger partial charge in [0.2, 0.25) is 5.91 Å². The Morgan fingerprint density at radius 2 is 1.85 bits per heavy atom. The van der Waals surface area contributed by atoms with Gasteiger partial charge in [0, 0.05) is 23.0 Å². The lowest BCUT2D eigenvalue weighted by molar-refractivity contribution is -0.128. The Bertz CT molecular complexity index is 686. The largest absolute Gasteiger partial charge is 0.350 e. The van der Waals surface area contributed by atoms with Gasteiger partial charge in [-0.15, -0.1) is 11.3 Å². The van der Waals surface area contributed by atoms with Crippen molar-refractivity contribution < 1.29 is 4.79 Å². The molecule has 1 aromatic heterocycles. The summed E-state index contributed by atoms with van der Waals surface area (Å²) in [4.78, 5) is 17.2. The van der Waals surface area contributed by atoms with Gasteiger partial charge in [-0.1, -0.05) is 0 Å².